The molecule has 0 fully saturated rings. The van der Waals surface area contributed by atoms with Gasteiger partial charge in [0.1, 0.15) is 9.84 Å². The van der Waals surface area contributed by atoms with Crippen LogP contribution in [0.5, 0.6) is 0 Å². The molecule has 1 heterocycles. The number of sulfone groups is 1. The summed E-state index contributed by atoms with van der Waals surface area (Å²) in [6.07, 6.45) is 1.47. The summed E-state index contributed by atoms with van der Waals surface area (Å²) in [5, 5.41) is 4.31. The second-order valence-corrected chi connectivity index (χ2v) is 8.26. The van der Waals surface area contributed by atoms with Crippen LogP contribution in [0, 0.1) is 0 Å². The molecule has 6 nitrogen and oxygen atoms in total. The van der Waals surface area contributed by atoms with Crippen LogP contribution in [0.1, 0.15) is 38.0 Å². The number of rotatable bonds is 7. The molecule has 1 aromatic rings. The summed E-state index contributed by atoms with van der Waals surface area (Å²) in [7, 11) is -3.02. The smallest absolute Gasteiger partial charge is 0.243 e. The Bertz CT molecular complexity index is 470. The minimum Gasteiger partial charge on any atom is -0.338 e. The highest BCUT2D eigenvalue weighted by Gasteiger charge is 2.17. The average Bonchev–Trinajstić information content (AvgIpc) is 2.70. The monoisotopic (exact) mass is 293 g/mol. The van der Waals surface area contributed by atoms with Gasteiger partial charge in [-0.3, -0.25) is 0 Å². The highest BCUT2D eigenvalue weighted by molar-refractivity contribution is 7.99. The van der Waals surface area contributed by atoms with E-state index in [0.717, 1.165) is 0 Å². The van der Waals surface area contributed by atoms with Crippen molar-refractivity contribution in [3.05, 3.63) is 11.7 Å². The zero-order valence-corrected chi connectivity index (χ0v) is 12.4. The molecule has 1 unspecified atom stereocenters. The Morgan fingerprint density at radius 2 is 2.11 bits per heavy atom. The molecule has 0 aliphatic rings. The van der Waals surface area contributed by atoms with Crippen molar-refractivity contribution in [2.45, 2.75) is 37.3 Å². The molecule has 0 amide bonds. The molecule has 8 heteroatoms. The van der Waals surface area contributed by atoms with Crippen LogP contribution in [0.3, 0.4) is 0 Å². The normalized spacial score (nSPS) is 14.1. The highest BCUT2D eigenvalue weighted by Crippen LogP contribution is 2.17. The van der Waals surface area contributed by atoms with Crippen LogP contribution >= 0.6 is 11.8 Å². The van der Waals surface area contributed by atoms with E-state index in [1.54, 1.807) is 11.8 Å². The lowest BCUT2D eigenvalue weighted by Crippen LogP contribution is -2.16. The lowest BCUT2D eigenvalue weighted by Gasteiger charge is -2.04. The third-order valence-electron chi connectivity index (χ3n) is 2.15. The maximum atomic E-state index is 11.0. The Hall–Kier alpha value is -0.600. The molecule has 0 spiro atoms. The maximum absolute atomic E-state index is 11.0. The van der Waals surface area contributed by atoms with Gasteiger partial charge < -0.3 is 10.3 Å². The Morgan fingerprint density at radius 1 is 1.44 bits per heavy atom. The van der Waals surface area contributed by atoms with Crippen LogP contribution in [0.2, 0.25) is 0 Å². The van der Waals surface area contributed by atoms with Gasteiger partial charge in [0.25, 0.3) is 0 Å². The number of hydrogen-bond acceptors (Lipinski definition) is 7. The van der Waals surface area contributed by atoms with Crippen molar-refractivity contribution in [3.8, 4) is 0 Å². The molecular formula is C10H19N3O3S2. The van der Waals surface area contributed by atoms with Crippen molar-refractivity contribution in [1.29, 1.82) is 0 Å². The van der Waals surface area contributed by atoms with E-state index in [1.165, 1.54) is 6.26 Å². The minimum atomic E-state index is -3.02. The standard InChI is InChI=1S/C10H19N3O3S2/c1-7(2)17-6-9-12-10(16-13-9)8(11)4-5-18(3,14)15/h7-8H,4-6,11H2,1-3H3. The number of thioether (sulfide) groups is 1. The third-order valence-corrected chi connectivity index (χ3v) is 4.22. The van der Waals surface area contributed by atoms with Gasteiger partial charge in [0.2, 0.25) is 5.89 Å². The Labute approximate surface area is 112 Å². The fraction of sp³-hybridized carbons (Fsp3) is 0.800. The molecule has 0 saturated carbocycles. The first kappa shape index (κ1) is 15.5. The number of aromatic nitrogens is 2. The second-order valence-electron chi connectivity index (χ2n) is 4.43. The average molecular weight is 293 g/mol. The van der Waals surface area contributed by atoms with Crippen LogP contribution < -0.4 is 5.73 Å². The van der Waals surface area contributed by atoms with E-state index in [-0.39, 0.29) is 12.2 Å². The molecule has 0 aliphatic heterocycles. The van der Waals surface area contributed by atoms with E-state index >= 15 is 0 Å². The highest BCUT2D eigenvalue weighted by atomic mass is 32.2. The first-order chi connectivity index (χ1) is 8.28. The van der Waals surface area contributed by atoms with Crippen molar-refractivity contribution < 1.29 is 12.9 Å². The van der Waals surface area contributed by atoms with Crippen molar-refractivity contribution in [2.75, 3.05) is 12.0 Å². The largest absolute Gasteiger partial charge is 0.338 e. The molecule has 0 saturated heterocycles. The fourth-order valence-corrected chi connectivity index (χ4v) is 2.46. The van der Waals surface area contributed by atoms with Gasteiger partial charge in [-0.05, 0) is 11.7 Å². The predicted molar refractivity (Wildman–Crippen MR) is 72.0 cm³/mol. The molecule has 1 aromatic heterocycles. The molecule has 0 aromatic carbocycles. The van der Waals surface area contributed by atoms with Gasteiger partial charge in [0, 0.05) is 6.26 Å². The maximum Gasteiger partial charge on any atom is 0.243 e. The summed E-state index contributed by atoms with van der Waals surface area (Å²) in [6, 6.07) is -0.523. The van der Waals surface area contributed by atoms with Gasteiger partial charge in [0.05, 0.1) is 17.5 Å². The molecule has 1 rings (SSSR count). The molecular weight excluding hydrogens is 274 g/mol. The quantitative estimate of drug-likeness (QED) is 0.804. The lowest BCUT2D eigenvalue weighted by atomic mass is 10.2. The van der Waals surface area contributed by atoms with E-state index in [2.05, 4.69) is 24.0 Å². The Morgan fingerprint density at radius 3 is 2.67 bits per heavy atom. The summed E-state index contributed by atoms with van der Waals surface area (Å²) in [4.78, 5) is 4.16. The van der Waals surface area contributed by atoms with Gasteiger partial charge in [-0.2, -0.15) is 16.7 Å². The first-order valence-electron chi connectivity index (χ1n) is 5.65. The molecule has 18 heavy (non-hydrogen) atoms. The molecule has 0 aliphatic carbocycles. The minimum absolute atomic E-state index is 0.0205. The summed E-state index contributed by atoms with van der Waals surface area (Å²) in [5.74, 6) is 1.59. The van der Waals surface area contributed by atoms with E-state index in [4.69, 9.17) is 10.3 Å². The van der Waals surface area contributed by atoms with Crippen LogP contribution in [0.15, 0.2) is 4.52 Å². The van der Waals surface area contributed by atoms with Gasteiger partial charge in [-0.25, -0.2) is 8.42 Å². The molecule has 0 radical (unpaired) electrons. The second kappa shape index (κ2) is 6.53. The van der Waals surface area contributed by atoms with Crippen molar-refractivity contribution in [2.24, 2.45) is 5.73 Å². The van der Waals surface area contributed by atoms with Crippen LogP contribution in [-0.4, -0.2) is 35.8 Å². The number of nitrogens with two attached hydrogens (primary N) is 1. The molecule has 2 N–H and O–H groups in total. The zero-order valence-electron chi connectivity index (χ0n) is 10.8. The van der Waals surface area contributed by atoms with E-state index in [9.17, 15) is 8.42 Å². The molecule has 1 atom stereocenters. The molecule has 0 bridgehead atoms. The summed E-state index contributed by atoms with van der Waals surface area (Å²) >= 11 is 1.71. The van der Waals surface area contributed by atoms with Gasteiger partial charge in [-0.1, -0.05) is 19.0 Å². The van der Waals surface area contributed by atoms with Crippen molar-refractivity contribution in [3.63, 3.8) is 0 Å². The number of hydrogen-bond donors (Lipinski definition) is 1. The van der Waals surface area contributed by atoms with Crippen molar-refractivity contribution >= 4 is 21.6 Å². The first-order valence-corrected chi connectivity index (χ1v) is 8.76. The topological polar surface area (TPSA) is 99.1 Å². The van der Waals surface area contributed by atoms with Gasteiger partial charge >= 0.3 is 0 Å². The van der Waals surface area contributed by atoms with E-state index in [0.29, 0.717) is 22.7 Å². The SMILES string of the molecule is CC(C)SCc1noc(C(N)CCS(C)(=O)=O)n1. The summed E-state index contributed by atoms with van der Waals surface area (Å²) in [5.41, 5.74) is 5.80. The third kappa shape index (κ3) is 5.83. The lowest BCUT2D eigenvalue weighted by molar-refractivity contribution is 0.349. The zero-order chi connectivity index (χ0) is 13.8. The number of nitrogens with zero attached hydrogens (tertiary/aromatic N) is 2. The summed E-state index contributed by atoms with van der Waals surface area (Å²) in [6.45, 7) is 4.17. The van der Waals surface area contributed by atoms with Crippen molar-refractivity contribution in [1.82, 2.24) is 10.1 Å². The van der Waals surface area contributed by atoms with Crippen LogP contribution in [0.25, 0.3) is 0 Å². The predicted octanol–water partition coefficient (Wildman–Crippen LogP) is 1.15. The van der Waals surface area contributed by atoms with Crippen LogP contribution in [-0.2, 0) is 15.6 Å². The van der Waals surface area contributed by atoms with E-state index < -0.39 is 15.9 Å². The fourth-order valence-electron chi connectivity index (χ4n) is 1.18. The van der Waals surface area contributed by atoms with E-state index in [1.807, 2.05) is 0 Å². The van der Waals surface area contributed by atoms with Gasteiger partial charge in [-0.15, -0.1) is 0 Å². The van der Waals surface area contributed by atoms with Gasteiger partial charge in [0.15, 0.2) is 5.82 Å². The Balaban J connectivity index is 2.51. The summed E-state index contributed by atoms with van der Waals surface area (Å²) < 4.78 is 27.1. The Kier molecular flexibility index (Phi) is 5.61. The molecule has 104 valence electrons. The van der Waals surface area contributed by atoms with Crippen LogP contribution in [0.4, 0.5) is 0 Å².